The fourth-order valence-electron chi connectivity index (χ4n) is 4.61. The lowest BCUT2D eigenvalue weighted by molar-refractivity contribution is 0.140. The Hall–Kier alpha value is -3.42. The first-order valence-corrected chi connectivity index (χ1v) is 10.2. The number of methoxy groups -OCH3 is 1. The van der Waals surface area contributed by atoms with E-state index >= 15 is 0 Å². The van der Waals surface area contributed by atoms with Crippen molar-refractivity contribution >= 4 is 11.7 Å². The lowest BCUT2D eigenvalue weighted by atomic mass is 9.91. The normalized spacial score (nSPS) is 22.7. The Morgan fingerprint density at radius 3 is 2.77 bits per heavy atom. The van der Waals surface area contributed by atoms with E-state index < -0.39 is 0 Å². The number of piperidine rings is 1. The first kappa shape index (κ1) is 18.6. The van der Waals surface area contributed by atoms with Crippen molar-refractivity contribution in [3.05, 3.63) is 54.7 Å². The number of hydrogen-bond acceptors (Lipinski definition) is 6. The lowest BCUT2D eigenvalue weighted by Gasteiger charge is -2.37. The van der Waals surface area contributed by atoms with Crippen molar-refractivity contribution in [1.82, 2.24) is 20.0 Å². The number of amides is 2. The summed E-state index contributed by atoms with van der Waals surface area (Å²) >= 11 is 0. The summed E-state index contributed by atoms with van der Waals surface area (Å²) in [6.07, 6.45) is 7.10. The molecule has 3 aromatic rings. The second-order valence-corrected chi connectivity index (χ2v) is 7.82. The molecule has 2 fully saturated rings. The van der Waals surface area contributed by atoms with E-state index in [-0.39, 0.29) is 24.0 Å². The molecule has 154 valence electrons. The predicted molar refractivity (Wildman–Crippen MR) is 110 cm³/mol. The number of carbonyl (C=O) groups is 1. The first-order chi connectivity index (χ1) is 14.7. The van der Waals surface area contributed by atoms with Crippen LogP contribution < -0.4 is 10.1 Å². The second-order valence-electron chi connectivity index (χ2n) is 7.82. The fourth-order valence-corrected chi connectivity index (χ4v) is 4.61. The molecule has 1 aromatic carbocycles. The molecule has 2 amide bonds. The molecule has 2 aliphatic rings. The van der Waals surface area contributed by atoms with E-state index in [0.717, 1.165) is 42.7 Å². The fraction of sp³-hybridized carbons (Fsp3) is 0.364. The number of anilines is 1. The molecule has 0 spiro atoms. The Labute approximate surface area is 174 Å². The van der Waals surface area contributed by atoms with Crippen LogP contribution in [0, 0.1) is 0 Å². The maximum atomic E-state index is 13.0. The Morgan fingerprint density at radius 1 is 1.20 bits per heavy atom. The second kappa shape index (κ2) is 7.78. The smallest absolute Gasteiger partial charge is 0.322 e. The molecule has 0 saturated carbocycles. The van der Waals surface area contributed by atoms with Gasteiger partial charge in [-0.15, -0.1) is 0 Å². The number of hydrogen-bond donors (Lipinski definition) is 1. The van der Waals surface area contributed by atoms with Crippen molar-refractivity contribution in [1.29, 1.82) is 0 Å². The van der Waals surface area contributed by atoms with Crippen LogP contribution in [0.1, 0.15) is 37.5 Å². The van der Waals surface area contributed by atoms with Crippen LogP contribution in [0.2, 0.25) is 0 Å². The molecule has 0 radical (unpaired) electrons. The standard InChI is InChI=1S/C22H23N5O3/c1-29-19-6-2-5-16(12-19)24-22(28)27-17-7-8-18(27)11-15(10-17)21-25-20(26-30-21)14-4-3-9-23-13-14/h2-6,9,12-13,15,17-18H,7-8,10-11H2,1H3,(H,24,28)/t15?,17-,18+. The maximum absolute atomic E-state index is 13.0. The number of aromatic nitrogens is 3. The Bertz CT molecular complexity index is 1020. The van der Waals surface area contributed by atoms with Crippen molar-refractivity contribution in [2.45, 2.75) is 43.7 Å². The summed E-state index contributed by atoms with van der Waals surface area (Å²) in [6, 6.07) is 11.5. The summed E-state index contributed by atoms with van der Waals surface area (Å²) < 4.78 is 10.8. The van der Waals surface area contributed by atoms with E-state index in [1.54, 1.807) is 19.5 Å². The quantitative estimate of drug-likeness (QED) is 0.703. The number of nitrogens with one attached hydrogen (secondary N) is 1. The predicted octanol–water partition coefficient (Wildman–Crippen LogP) is 4.08. The van der Waals surface area contributed by atoms with Crippen LogP contribution in [0.25, 0.3) is 11.4 Å². The van der Waals surface area contributed by atoms with Gasteiger partial charge in [0.1, 0.15) is 5.75 Å². The molecular formula is C22H23N5O3. The summed E-state index contributed by atoms with van der Waals surface area (Å²) in [4.78, 5) is 23.7. The molecule has 3 atom stereocenters. The maximum Gasteiger partial charge on any atom is 0.322 e. The minimum atomic E-state index is -0.0595. The number of carbonyl (C=O) groups excluding carboxylic acids is 1. The molecule has 1 N–H and O–H groups in total. The van der Waals surface area contributed by atoms with Gasteiger partial charge >= 0.3 is 6.03 Å². The molecule has 2 bridgehead atoms. The summed E-state index contributed by atoms with van der Waals surface area (Å²) in [5, 5.41) is 7.14. The van der Waals surface area contributed by atoms with Crippen molar-refractivity contribution in [2.75, 3.05) is 12.4 Å². The third-order valence-corrected chi connectivity index (χ3v) is 6.00. The van der Waals surface area contributed by atoms with Crippen LogP contribution in [0.5, 0.6) is 5.75 Å². The Morgan fingerprint density at radius 2 is 2.03 bits per heavy atom. The molecule has 30 heavy (non-hydrogen) atoms. The first-order valence-electron chi connectivity index (χ1n) is 10.2. The van der Waals surface area contributed by atoms with Crippen LogP contribution in [-0.4, -0.2) is 45.2 Å². The highest BCUT2D eigenvalue weighted by Crippen LogP contribution is 2.43. The highest BCUT2D eigenvalue weighted by atomic mass is 16.5. The third-order valence-electron chi connectivity index (χ3n) is 6.00. The number of rotatable bonds is 4. The van der Waals surface area contributed by atoms with Crippen LogP contribution in [0.4, 0.5) is 10.5 Å². The van der Waals surface area contributed by atoms with E-state index in [4.69, 9.17) is 9.26 Å². The van der Waals surface area contributed by atoms with Crippen molar-refractivity contribution in [2.24, 2.45) is 0 Å². The summed E-state index contributed by atoms with van der Waals surface area (Å²) in [5.74, 6) is 2.10. The average molecular weight is 405 g/mol. The van der Waals surface area contributed by atoms with Gasteiger partial charge in [-0.3, -0.25) is 4.98 Å². The number of fused-ring (bicyclic) bond motifs is 2. The van der Waals surface area contributed by atoms with Gasteiger partial charge in [-0.2, -0.15) is 4.98 Å². The Kier molecular flexibility index (Phi) is 4.82. The number of benzene rings is 1. The zero-order chi connectivity index (χ0) is 20.5. The summed E-state index contributed by atoms with van der Waals surface area (Å²) in [7, 11) is 1.61. The largest absolute Gasteiger partial charge is 0.497 e. The van der Waals surface area contributed by atoms with E-state index in [0.29, 0.717) is 11.7 Å². The SMILES string of the molecule is COc1cccc(NC(=O)N2[C@@H]3CC[C@H]2CC(c2nc(-c4cccnc4)no2)C3)c1. The van der Waals surface area contributed by atoms with Crippen LogP contribution in [0.3, 0.4) is 0 Å². The third kappa shape index (κ3) is 3.49. The number of urea groups is 1. The topological polar surface area (TPSA) is 93.4 Å². The van der Waals surface area contributed by atoms with Crippen LogP contribution in [-0.2, 0) is 0 Å². The molecule has 2 saturated heterocycles. The van der Waals surface area contributed by atoms with E-state index in [2.05, 4.69) is 20.4 Å². The highest BCUT2D eigenvalue weighted by molar-refractivity contribution is 5.90. The number of ether oxygens (including phenoxy) is 1. The van der Waals surface area contributed by atoms with Crippen LogP contribution >= 0.6 is 0 Å². The zero-order valence-electron chi connectivity index (χ0n) is 16.7. The summed E-state index contributed by atoms with van der Waals surface area (Å²) in [5.41, 5.74) is 1.57. The Balaban J connectivity index is 1.28. The number of pyridine rings is 1. The van der Waals surface area contributed by atoms with Gasteiger partial charge in [0.15, 0.2) is 0 Å². The van der Waals surface area contributed by atoms with Gasteiger partial charge in [-0.05, 0) is 49.9 Å². The molecule has 1 unspecified atom stereocenters. The monoisotopic (exact) mass is 405 g/mol. The number of nitrogens with zero attached hydrogens (tertiary/aromatic N) is 4. The van der Waals surface area contributed by atoms with Gasteiger partial charge in [0.25, 0.3) is 0 Å². The lowest BCUT2D eigenvalue weighted by Crippen LogP contribution is -2.48. The minimum Gasteiger partial charge on any atom is -0.497 e. The molecule has 2 aliphatic heterocycles. The van der Waals surface area contributed by atoms with Gasteiger partial charge in [-0.1, -0.05) is 11.2 Å². The zero-order valence-corrected chi connectivity index (χ0v) is 16.7. The van der Waals surface area contributed by atoms with Gasteiger partial charge in [0.2, 0.25) is 11.7 Å². The average Bonchev–Trinajstić information content (AvgIpc) is 3.37. The van der Waals surface area contributed by atoms with Crippen LogP contribution in [0.15, 0.2) is 53.3 Å². The molecule has 8 nitrogen and oxygen atoms in total. The minimum absolute atomic E-state index is 0.0595. The molecule has 4 heterocycles. The van der Waals surface area contributed by atoms with Crippen molar-refractivity contribution in [3.8, 4) is 17.1 Å². The van der Waals surface area contributed by atoms with E-state index in [9.17, 15) is 4.79 Å². The van der Waals surface area contributed by atoms with Gasteiger partial charge in [-0.25, -0.2) is 4.79 Å². The molecule has 5 rings (SSSR count). The van der Waals surface area contributed by atoms with E-state index in [1.807, 2.05) is 41.3 Å². The van der Waals surface area contributed by atoms with Gasteiger partial charge < -0.3 is 19.5 Å². The van der Waals surface area contributed by atoms with Crippen molar-refractivity contribution in [3.63, 3.8) is 0 Å². The highest BCUT2D eigenvalue weighted by Gasteiger charge is 2.45. The van der Waals surface area contributed by atoms with Gasteiger partial charge in [0.05, 0.1) is 7.11 Å². The summed E-state index contributed by atoms with van der Waals surface area (Å²) in [6.45, 7) is 0. The molecule has 2 aromatic heterocycles. The molecule has 8 heteroatoms. The molecular weight excluding hydrogens is 382 g/mol. The van der Waals surface area contributed by atoms with Crippen molar-refractivity contribution < 1.29 is 14.1 Å². The molecule has 0 aliphatic carbocycles. The van der Waals surface area contributed by atoms with Gasteiger partial charge in [0, 0.05) is 47.7 Å². The van der Waals surface area contributed by atoms with E-state index in [1.165, 1.54) is 0 Å².